The van der Waals surface area contributed by atoms with Crippen LogP contribution in [0.2, 0.25) is 0 Å². The van der Waals surface area contributed by atoms with Crippen molar-refractivity contribution in [3.63, 3.8) is 0 Å². The maximum Gasteiger partial charge on any atom is 0.258 e. The molecule has 0 bridgehead atoms. The average molecular weight is 262 g/mol. The summed E-state index contributed by atoms with van der Waals surface area (Å²) in [5, 5.41) is 3.14. The quantitative estimate of drug-likeness (QED) is 0.711. The first kappa shape index (κ1) is 14.4. The lowest BCUT2D eigenvalue weighted by atomic mass is 10.1. The van der Waals surface area contributed by atoms with Crippen molar-refractivity contribution in [2.75, 3.05) is 19.6 Å². The molecule has 0 atom stereocenters. The van der Waals surface area contributed by atoms with Crippen LogP contribution in [-0.4, -0.2) is 43.0 Å². The molecule has 5 nitrogen and oxygen atoms in total. The maximum atomic E-state index is 11.7. The zero-order valence-electron chi connectivity index (χ0n) is 11.0. The summed E-state index contributed by atoms with van der Waals surface area (Å²) in [4.78, 5) is 11.6. The number of rotatable bonds is 6. The van der Waals surface area contributed by atoms with E-state index in [0.29, 0.717) is 12.5 Å². The van der Waals surface area contributed by atoms with E-state index in [-0.39, 0.29) is 12.5 Å². The van der Waals surface area contributed by atoms with Crippen LogP contribution in [0.25, 0.3) is 0 Å². The second-order valence-corrected chi connectivity index (χ2v) is 7.74. The molecule has 0 aromatic rings. The van der Waals surface area contributed by atoms with Gasteiger partial charge in [0, 0.05) is 13.1 Å². The Bertz CT molecular complexity index is 388. The number of sulfonamides is 1. The van der Waals surface area contributed by atoms with Crippen molar-refractivity contribution in [3.05, 3.63) is 0 Å². The molecule has 1 amide bonds. The van der Waals surface area contributed by atoms with Crippen molar-refractivity contribution >= 4 is 15.9 Å². The minimum atomic E-state index is -3.41. The van der Waals surface area contributed by atoms with E-state index >= 15 is 0 Å². The molecule has 0 aromatic carbocycles. The van der Waals surface area contributed by atoms with Gasteiger partial charge in [-0.1, -0.05) is 13.8 Å². The predicted octanol–water partition coefficient (Wildman–Crippen LogP) is 0.573. The fraction of sp³-hybridized carbons (Fsp3) is 0.909. The molecule has 17 heavy (non-hydrogen) atoms. The first-order valence-electron chi connectivity index (χ1n) is 5.98. The number of amides is 1. The summed E-state index contributed by atoms with van der Waals surface area (Å²) in [5.74, 6) is 0.318. The molecule has 1 N–H and O–H groups in total. The van der Waals surface area contributed by atoms with Crippen molar-refractivity contribution in [2.45, 2.75) is 38.9 Å². The lowest BCUT2D eigenvalue weighted by molar-refractivity contribution is -0.132. The van der Waals surface area contributed by atoms with Crippen LogP contribution in [-0.2, 0) is 14.8 Å². The predicted molar refractivity (Wildman–Crippen MR) is 67.0 cm³/mol. The van der Waals surface area contributed by atoms with E-state index < -0.39 is 14.8 Å². The highest BCUT2D eigenvalue weighted by Crippen LogP contribution is 2.34. The molecular weight excluding hydrogens is 240 g/mol. The summed E-state index contributed by atoms with van der Waals surface area (Å²) >= 11 is 0. The number of hydrogen-bond donors (Lipinski definition) is 1. The summed E-state index contributed by atoms with van der Waals surface area (Å²) in [6, 6.07) is 0. The van der Waals surface area contributed by atoms with E-state index in [1.165, 1.54) is 13.8 Å². The number of carbonyl (C=O) groups is 1. The van der Waals surface area contributed by atoms with Gasteiger partial charge in [0.2, 0.25) is 0 Å². The summed E-state index contributed by atoms with van der Waals surface area (Å²) in [6.45, 7) is 8.78. The van der Waals surface area contributed by atoms with Crippen molar-refractivity contribution in [2.24, 2.45) is 5.92 Å². The van der Waals surface area contributed by atoms with Gasteiger partial charge in [0.15, 0.2) is 4.75 Å². The molecule has 1 saturated heterocycles. The van der Waals surface area contributed by atoms with Crippen LogP contribution in [0.1, 0.15) is 34.1 Å². The molecule has 0 spiro atoms. The SMILES string of the molecule is CC(C)CCNCCN1C(=O)C(C)(C)S1(=O)=O. The normalized spacial score (nSPS) is 21.7. The van der Waals surface area contributed by atoms with Crippen LogP contribution >= 0.6 is 0 Å². The van der Waals surface area contributed by atoms with E-state index in [2.05, 4.69) is 19.2 Å². The number of hydrogen-bond acceptors (Lipinski definition) is 4. The van der Waals surface area contributed by atoms with Crippen molar-refractivity contribution in [3.8, 4) is 0 Å². The van der Waals surface area contributed by atoms with Gasteiger partial charge in [-0.15, -0.1) is 0 Å². The molecule has 1 heterocycles. The van der Waals surface area contributed by atoms with E-state index in [1.807, 2.05) is 0 Å². The molecule has 0 aliphatic carbocycles. The molecule has 6 heteroatoms. The molecule has 0 aromatic heterocycles. The van der Waals surface area contributed by atoms with Crippen molar-refractivity contribution < 1.29 is 13.2 Å². The number of carbonyl (C=O) groups excluding carboxylic acids is 1. The highest BCUT2D eigenvalue weighted by Gasteiger charge is 2.59. The molecule has 0 saturated carbocycles. The smallest absolute Gasteiger partial charge is 0.258 e. The van der Waals surface area contributed by atoms with Gasteiger partial charge in [0.1, 0.15) is 0 Å². The Kier molecular flexibility index (Phi) is 4.19. The Morgan fingerprint density at radius 2 is 1.88 bits per heavy atom. The maximum absolute atomic E-state index is 11.7. The third-order valence-electron chi connectivity index (χ3n) is 3.07. The van der Waals surface area contributed by atoms with Gasteiger partial charge < -0.3 is 5.32 Å². The summed E-state index contributed by atoms with van der Waals surface area (Å²) in [7, 11) is -3.41. The highest BCUT2D eigenvalue weighted by atomic mass is 32.2. The van der Waals surface area contributed by atoms with E-state index in [4.69, 9.17) is 0 Å². The van der Waals surface area contributed by atoms with Crippen LogP contribution in [0.3, 0.4) is 0 Å². The zero-order chi connectivity index (χ0) is 13.3. The summed E-state index contributed by atoms with van der Waals surface area (Å²) in [6.07, 6.45) is 1.05. The molecule has 0 radical (unpaired) electrons. The van der Waals surface area contributed by atoms with Gasteiger partial charge in [-0.05, 0) is 32.7 Å². The third kappa shape index (κ3) is 2.63. The molecular formula is C11H22N2O3S. The second kappa shape index (κ2) is 4.94. The lowest BCUT2D eigenvalue weighted by Gasteiger charge is -2.43. The number of nitrogens with zero attached hydrogens (tertiary/aromatic N) is 1. The minimum absolute atomic E-state index is 0.239. The molecule has 1 aliphatic heterocycles. The highest BCUT2D eigenvalue weighted by molar-refractivity contribution is 7.94. The second-order valence-electron chi connectivity index (χ2n) is 5.33. The van der Waals surface area contributed by atoms with E-state index in [0.717, 1.165) is 17.3 Å². The summed E-state index contributed by atoms with van der Waals surface area (Å²) in [5.41, 5.74) is 0. The van der Waals surface area contributed by atoms with Gasteiger partial charge in [-0.25, -0.2) is 12.7 Å². The average Bonchev–Trinajstić information content (AvgIpc) is 2.21. The molecule has 1 aliphatic rings. The van der Waals surface area contributed by atoms with Gasteiger partial charge in [0.25, 0.3) is 15.9 Å². The van der Waals surface area contributed by atoms with Crippen LogP contribution in [0.4, 0.5) is 0 Å². The monoisotopic (exact) mass is 262 g/mol. The van der Waals surface area contributed by atoms with Crippen molar-refractivity contribution in [1.29, 1.82) is 0 Å². The van der Waals surface area contributed by atoms with Crippen molar-refractivity contribution in [1.82, 2.24) is 9.62 Å². The van der Waals surface area contributed by atoms with Gasteiger partial charge in [-0.2, -0.15) is 0 Å². The van der Waals surface area contributed by atoms with E-state index in [9.17, 15) is 13.2 Å². The minimum Gasteiger partial charge on any atom is -0.315 e. The van der Waals surface area contributed by atoms with Crippen LogP contribution in [0, 0.1) is 5.92 Å². The molecule has 1 fully saturated rings. The Morgan fingerprint density at radius 3 is 2.35 bits per heavy atom. The first-order valence-corrected chi connectivity index (χ1v) is 7.42. The Balaban J connectivity index is 2.33. The largest absolute Gasteiger partial charge is 0.315 e. The van der Waals surface area contributed by atoms with Crippen LogP contribution in [0.15, 0.2) is 0 Å². The molecule has 100 valence electrons. The topological polar surface area (TPSA) is 66.5 Å². The third-order valence-corrected chi connectivity index (χ3v) is 5.46. The van der Waals surface area contributed by atoms with Crippen LogP contribution < -0.4 is 5.32 Å². The van der Waals surface area contributed by atoms with Gasteiger partial charge >= 0.3 is 0 Å². The van der Waals surface area contributed by atoms with E-state index in [1.54, 1.807) is 0 Å². The van der Waals surface area contributed by atoms with Gasteiger partial charge in [-0.3, -0.25) is 4.79 Å². The lowest BCUT2D eigenvalue weighted by Crippen LogP contribution is -2.68. The fourth-order valence-corrected chi connectivity index (χ4v) is 3.20. The Labute approximate surface area is 104 Å². The fourth-order valence-electron chi connectivity index (χ4n) is 1.67. The standard InChI is InChI=1S/C11H22N2O3S/c1-9(2)5-6-12-7-8-13-10(14)11(3,4)17(13,15)16/h9,12H,5-8H2,1-4H3. The Hall–Kier alpha value is -0.620. The number of nitrogens with one attached hydrogen (secondary N) is 1. The van der Waals surface area contributed by atoms with Gasteiger partial charge in [0.05, 0.1) is 0 Å². The molecule has 1 rings (SSSR count). The zero-order valence-corrected chi connectivity index (χ0v) is 11.8. The molecule has 0 unspecified atom stereocenters. The Morgan fingerprint density at radius 1 is 1.29 bits per heavy atom. The summed E-state index contributed by atoms with van der Waals surface area (Å²) < 4.78 is 23.2. The van der Waals surface area contributed by atoms with Crippen LogP contribution in [0.5, 0.6) is 0 Å². The first-order chi connectivity index (χ1) is 7.71.